The van der Waals surface area contributed by atoms with E-state index in [1.54, 1.807) is 21.6 Å². The molecule has 0 atom stereocenters. The Morgan fingerprint density at radius 1 is 1.09 bits per heavy atom. The summed E-state index contributed by atoms with van der Waals surface area (Å²) in [7, 11) is -0.243. The van der Waals surface area contributed by atoms with E-state index in [9.17, 15) is 0 Å². The van der Waals surface area contributed by atoms with Crippen LogP contribution in [0.3, 0.4) is 0 Å². The van der Waals surface area contributed by atoms with Gasteiger partial charge in [-0.2, -0.15) is 11.6 Å². The van der Waals surface area contributed by atoms with Crippen LogP contribution in [0.25, 0.3) is 10.8 Å². The van der Waals surface area contributed by atoms with E-state index in [4.69, 9.17) is 0 Å². The predicted octanol–water partition coefficient (Wildman–Crippen LogP) is -0.336. The van der Waals surface area contributed by atoms with Crippen molar-refractivity contribution in [2.24, 2.45) is 0 Å². The largest absolute Gasteiger partial charge is 1.00 e. The van der Waals surface area contributed by atoms with Crippen molar-refractivity contribution in [3.8, 4) is 0 Å². The Balaban J connectivity index is 0. The van der Waals surface area contributed by atoms with Crippen molar-refractivity contribution in [3.05, 3.63) is 65.3 Å². The van der Waals surface area contributed by atoms with Gasteiger partial charge in [-0.25, -0.2) is 11.6 Å². The number of rotatable bonds is 0. The number of halogens is 2. The van der Waals surface area contributed by atoms with E-state index in [0.29, 0.717) is 0 Å². The third-order valence-electron chi connectivity index (χ3n) is 3.20. The molecule has 0 saturated heterocycles. The van der Waals surface area contributed by atoms with E-state index in [0.717, 1.165) is 6.42 Å². The van der Waals surface area contributed by atoms with E-state index >= 15 is 0 Å². The van der Waals surface area contributed by atoms with E-state index in [-0.39, 0.29) is 34.8 Å². The molecule has 0 saturated carbocycles. The Morgan fingerprint density at radius 3 is 2.04 bits per heavy atom. The number of aryl methyl sites for hydroxylation is 2. The molecule has 0 bridgehead atoms. The molecule has 124 valence electrons. The van der Waals surface area contributed by atoms with Gasteiger partial charge in [-0.3, -0.25) is 6.08 Å². The summed E-state index contributed by atoms with van der Waals surface area (Å²) in [5.74, 6) is 4.75. The predicted molar refractivity (Wildman–Crippen MR) is 92.7 cm³/mol. The summed E-state index contributed by atoms with van der Waals surface area (Å²) in [6.07, 6.45) is 8.24. The summed E-state index contributed by atoms with van der Waals surface area (Å²) in [4.78, 5) is 0. The fraction of sp³-hybridized carbons (Fsp3) is 0.316. The molecule has 3 rings (SSSR count). The zero-order chi connectivity index (χ0) is 15.8. The Labute approximate surface area is 169 Å². The van der Waals surface area contributed by atoms with Crippen molar-refractivity contribution in [2.45, 2.75) is 38.7 Å². The van der Waals surface area contributed by atoms with Crippen LogP contribution < -0.4 is 24.8 Å². The van der Waals surface area contributed by atoms with Gasteiger partial charge in [-0.1, -0.05) is 19.9 Å². The summed E-state index contributed by atoms with van der Waals surface area (Å²) in [5.41, 5.74) is 4.15. The topological polar surface area (TPSA) is 0 Å². The van der Waals surface area contributed by atoms with Crippen molar-refractivity contribution in [3.63, 3.8) is 0 Å². The molecule has 0 radical (unpaired) electrons. The van der Waals surface area contributed by atoms with Gasteiger partial charge < -0.3 is 24.8 Å². The SMILES string of the molecule is CC1=CC[C-]=C1.Cc1[cH-]c2ccccc2c1C.[CH3][Ge]([CH3])=[Zr+2].[Cl-].[Cl-]. The maximum Gasteiger partial charge on any atom is -1.00 e. The van der Waals surface area contributed by atoms with Gasteiger partial charge in [0.05, 0.1) is 0 Å². The molecule has 0 amide bonds. The first kappa shape index (κ1) is 25.6. The van der Waals surface area contributed by atoms with E-state index < -0.39 is 0 Å². The van der Waals surface area contributed by atoms with Gasteiger partial charge in [0, 0.05) is 0 Å². The molecule has 0 N–H and O–H groups in total. The Kier molecular flexibility index (Phi) is 15.1. The van der Waals surface area contributed by atoms with E-state index in [1.165, 1.54) is 27.5 Å². The molecule has 1 aliphatic carbocycles. The first-order valence-electron chi connectivity index (χ1n) is 7.28. The van der Waals surface area contributed by atoms with Gasteiger partial charge in [-0.05, 0) is 0 Å². The van der Waals surface area contributed by atoms with Crippen LogP contribution in [0, 0.1) is 19.9 Å². The van der Waals surface area contributed by atoms with E-state index in [1.807, 2.05) is 6.08 Å². The first-order valence-corrected chi connectivity index (χ1v) is 18.9. The number of fused-ring (bicyclic) bond motifs is 1. The summed E-state index contributed by atoms with van der Waals surface area (Å²) >= 11 is 1.80. The second-order valence-electron chi connectivity index (χ2n) is 5.54. The van der Waals surface area contributed by atoms with Crippen LogP contribution in [-0.2, 0) is 21.6 Å². The van der Waals surface area contributed by atoms with E-state index in [2.05, 4.69) is 74.8 Å². The molecule has 0 heterocycles. The second kappa shape index (κ2) is 13.6. The smallest absolute Gasteiger partial charge is 1.00 e. The third kappa shape index (κ3) is 10.0. The zero-order valence-electron chi connectivity index (χ0n) is 14.5. The molecule has 1 aliphatic rings. The fourth-order valence-corrected chi connectivity index (χ4v) is 2.02. The first-order chi connectivity index (χ1) is 9.91. The Morgan fingerprint density at radius 2 is 1.65 bits per heavy atom. The van der Waals surface area contributed by atoms with Crippen molar-refractivity contribution >= 4 is 20.7 Å². The number of benzene rings is 1. The van der Waals surface area contributed by atoms with Crippen molar-refractivity contribution in [2.75, 3.05) is 0 Å². The Hall–Kier alpha value is 0.316. The van der Waals surface area contributed by atoms with Crippen LogP contribution in [0.5, 0.6) is 0 Å². The quantitative estimate of drug-likeness (QED) is 0.353. The molecule has 4 heteroatoms. The summed E-state index contributed by atoms with van der Waals surface area (Å²) in [5, 5.41) is 2.76. The molecule has 0 fully saturated rings. The monoisotopic (exact) mass is 486 g/mol. The van der Waals surface area contributed by atoms with Crippen LogP contribution >= 0.6 is 0 Å². The molecular weight excluding hydrogens is 463 g/mol. The summed E-state index contributed by atoms with van der Waals surface area (Å²) in [6.45, 7) is 6.42. The normalized spacial score (nSPS) is 11.2. The average Bonchev–Trinajstić information content (AvgIpc) is 2.99. The van der Waals surface area contributed by atoms with Gasteiger partial charge in [0.2, 0.25) is 0 Å². The zero-order valence-corrected chi connectivity index (χ0v) is 20.6. The molecular formula is C19H24Cl2GeZr-2. The van der Waals surface area contributed by atoms with Gasteiger partial charge in [-0.15, -0.1) is 53.9 Å². The minimum Gasteiger partial charge on any atom is -1.00 e. The fourth-order valence-electron chi connectivity index (χ4n) is 2.02. The molecule has 2 aromatic carbocycles. The van der Waals surface area contributed by atoms with Crippen molar-refractivity contribution < 1.29 is 46.4 Å². The molecule has 0 unspecified atom stereocenters. The molecule has 2 aromatic rings. The Bertz CT molecular complexity index is 662. The summed E-state index contributed by atoms with van der Waals surface area (Å²) in [6, 6.07) is 10.8. The van der Waals surface area contributed by atoms with Crippen molar-refractivity contribution in [1.82, 2.24) is 0 Å². The van der Waals surface area contributed by atoms with Crippen LogP contribution in [0.1, 0.15) is 24.5 Å². The molecule has 0 nitrogen and oxygen atoms in total. The average molecular weight is 487 g/mol. The van der Waals surface area contributed by atoms with Crippen LogP contribution in [-0.4, -0.2) is 9.98 Å². The van der Waals surface area contributed by atoms with Gasteiger partial charge in [0.25, 0.3) is 0 Å². The maximum absolute atomic E-state index is 3.05. The van der Waals surface area contributed by atoms with Crippen LogP contribution in [0.4, 0.5) is 0 Å². The molecule has 0 aromatic heterocycles. The second-order valence-corrected chi connectivity index (χ2v) is 22.5. The van der Waals surface area contributed by atoms with Gasteiger partial charge >= 0.3 is 43.1 Å². The standard InChI is InChI=1S/C11H11.C6H7.C2H6Ge.2ClH.Zr/c1-8-7-10-5-3-4-6-11(10)9(8)2;1-6-4-2-3-5-6;1-3-2;;;/h3-7H,1-2H3;4-5H,2H2,1H3;1-2H3;2*1H;/q2*-1;;;;+2/p-2. The van der Waals surface area contributed by atoms with Crippen LogP contribution in [0.15, 0.2) is 48.1 Å². The minimum absolute atomic E-state index is 0. The number of allylic oxidation sites excluding steroid dienone is 4. The van der Waals surface area contributed by atoms with Crippen LogP contribution in [0.2, 0.25) is 11.5 Å². The molecule has 0 aliphatic heterocycles. The maximum atomic E-state index is 3.05. The molecule has 0 spiro atoms. The van der Waals surface area contributed by atoms with Crippen molar-refractivity contribution in [1.29, 1.82) is 0 Å². The molecule has 23 heavy (non-hydrogen) atoms. The third-order valence-corrected chi connectivity index (χ3v) is 3.20. The number of hydrogen-bond donors (Lipinski definition) is 0. The van der Waals surface area contributed by atoms with Gasteiger partial charge in [0.15, 0.2) is 0 Å². The minimum atomic E-state index is -0.243. The summed E-state index contributed by atoms with van der Waals surface area (Å²) < 4.78 is 0. The number of hydrogen-bond acceptors (Lipinski definition) is 0. The van der Waals surface area contributed by atoms with Gasteiger partial charge in [0.1, 0.15) is 0 Å².